The first kappa shape index (κ1) is 23.4. The molecule has 3 aromatic rings. The molecule has 168 valence electrons. The molecule has 3 rings (SSSR count). The Bertz CT molecular complexity index is 982. The lowest BCUT2D eigenvalue weighted by atomic mass is 9.99. The molecule has 31 heavy (non-hydrogen) atoms. The van der Waals surface area contributed by atoms with Crippen molar-refractivity contribution in [2.75, 3.05) is 13.2 Å². The van der Waals surface area contributed by atoms with Gasteiger partial charge < -0.3 is 19.7 Å². The van der Waals surface area contributed by atoms with Crippen LogP contribution in [-0.4, -0.2) is 35.6 Å². The zero-order valence-electron chi connectivity index (χ0n) is 19.1. The molecule has 4 heteroatoms. The molecule has 2 N–H and O–H groups in total. The van der Waals surface area contributed by atoms with Gasteiger partial charge in [0, 0.05) is 21.5 Å². The molecule has 0 aliphatic rings. The smallest absolute Gasteiger partial charge is 0.135 e. The van der Waals surface area contributed by atoms with Gasteiger partial charge in [-0.1, -0.05) is 81.5 Å². The first-order valence-corrected chi connectivity index (χ1v) is 11.6. The van der Waals surface area contributed by atoms with E-state index < -0.39 is 12.2 Å². The molecule has 2 atom stereocenters. The summed E-state index contributed by atoms with van der Waals surface area (Å²) in [6.07, 6.45) is 4.59. The summed E-state index contributed by atoms with van der Waals surface area (Å²) in [5, 5.41) is 24.5. The van der Waals surface area contributed by atoms with E-state index in [9.17, 15) is 10.2 Å². The van der Waals surface area contributed by atoms with Crippen LogP contribution in [0, 0.1) is 6.92 Å². The second-order valence-corrected chi connectivity index (χ2v) is 8.47. The van der Waals surface area contributed by atoms with Gasteiger partial charge in [-0.15, -0.1) is 0 Å². The molecule has 0 amide bonds. The van der Waals surface area contributed by atoms with E-state index in [4.69, 9.17) is 9.47 Å². The highest BCUT2D eigenvalue weighted by atomic mass is 16.5. The molecule has 0 bridgehead atoms. The molecule has 0 spiro atoms. The van der Waals surface area contributed by atoms with Crippen LogP contribution in [0.15, 0.2) is 42.5 Å². The number of benzene rings is 3. The van der Waals surface area contributed by atoms with Crippen molar-refractivity contribution in [2.24, 2.45) is 0 Å². The molecule has 0 aliphatic carbocycles. The van der Waals surface area contributed by atoms with Crippen LogP contribution in [0.4, 0.5) is 0 Å². The maximum atomic E-state index is 10.3. The number of aryl methyl sites for hydroxylation is 1. The minimum Gasteiger partial charge on any atom is -0.490 e. The number of ether oxygens (including phenoxy) is 2. The third-order valence-electron chi connectivity index (χ3n) is 5.70. The van der Waals surface area contributed by atoms with Gasteiger partial charge in [0.15, 0.2) is 0 Å². The SMILES string of the molecule is CCCCC(O)COc1c2ccccc2c(OCC(O)CCCC)c2cc(C)ccc12. The maximum Gasteiger partial charge on any atom is 0.135 e. The topological polar surface area (TPSA) is 58.9 Å². The summed E-state index contributed by atoms with van der Waals surface area (Å²) in [6.45, 7) is 6.83. The summed E-state index contributed by atoms with van der Waals surface area (Å²) in [7, 11) is 0. The van der Waals surface area contributed by atoms with Gasteiger partial charge in [-0.25, -0.2) is 0 Å². The van der Waals surface area contributed by atoms with Gasteiger partial charge in [0.2, 0.25) is 0 Å². The van der Waals surface area contributed by atoms with Gasteiger partial charge >= 0.3 is 0 Å². The van der Waals surface area contributed by atoms with Crippen LogP contribution < -0.4 is 9.47 Å². The quantitative estimate of drug-likeness (QED) is 0.342. The molecule has 0 aromatic heterocycles. The molecule has 0 saturated carbocycles. The first-order valence-electron chi connectivity index (χ1n) is 11.6. The van der Waals surface area contributed by atoms with E-state index in [1.165, 1.54) is 0 Å². The summed E-state index contributed by atoms with van der Waals surface area (Å²) in [5.74, 6) is 1.56. The molecular weight excluding hydrogens is 388 g/mol. The summed E-state index contributed by atoms with van der Waals surface area (Å²) in [5.41, 5.74) is 1.13. The van der Waals surface area contributed by atoms with Crippen LogP contribution in [0.5, 0.6) is 11.5 Å². The highest BCUT2D eigenvalue weighted by Gasteiger charge is 2.18. The Kier molecular flexibility index (Phi) is 8.56. The molecule has 3 aromatic carbocycles. The Hall–Kier alpha value is -2.30. The predicted molar refractivity (Wildman–Crippen MR) is 128 cm³/mol. The molecule has 0 saturated heterocycles. The largest absolute Gasteiger partial charge is 0.490 e. The van der Waals surface area contributed by atoms with Gasteiger partial charge in [0.25, 0.3) is 0 Å². The van der Waals surface area contributed by atoms with Gasteiger partial charge in [-0.05, 0) is 25.8 Å². The van der Waals surface area contributed by atoms with Crippen LogP contribution in [0.1, 0.15) is 57.9 Å². The first-order chi connectivity index (χ1) is 15.0. The number of rotatable bonds is 12. The Labute approximate surface area is 185 Å². The summed E-state index contributed by atoms with van der Waals surface area (Å²) in [6, 6.07) is 14.3. The monoisotopic (exact) mass is 424 g/mol. The lowest BCUT2D eigenvalue weighted by Crippen LogP contribution is -2.18. The lowest BCUT2D eigenvalue weighted by molar-refractivity contribution is 0.0983. The normalized spacial score (nSPS) is 13.5. The highest BCUT2D eigenvalue weighted by Crippen LogP contribution is 2.43. The van der Waals surface area contributed by atoms with E-state index in [0.717, 1.165) is 77.1 Å². The number of aliphatic hydroxyl groups is 2. The molecule has 0 radical (unpaired) electrons. The van der Waals surface area contributed by atoms with Crippen LogP contribution in [-0.2, 0) is 0 Å². The van der Waals surface area contributed by atoms with E-state index in [2.05, 4.69) is 39.0 Å². The van der Waals surface area contributed by atoms with Crippen LogP contribution in [0.3, 0.4) is 0 Å². The van der Waals surface area contributed by atoms with Gasteiger partial charge in [-0.3, -0.25) is 0 Å². The summed E-state index contributed by atoms with van der Waals surface area (Å²) in [4.78, 5) is 0. The third kappa shape index (κ3) is 5.90. The summed E-state index contributed by atoms with van der Waals surface area (Å²) >= 11 is 0. The van der Waals surface area contributed by atoms with Crippen molar-refractivity contribution in [3.63, 3.8) is 0 Å². The zero-order valence-corrected chi connectivity index (χ0v) is 19.1. The average molecular weight is 425 g/mol. The van der Waals surface area contributed by atoms with E-state index in [0.29, 0.717) is 0 Å². The van der Waals surface area contributed by atoms with Gasteiger partial charge in [0.05, 0.1) is 12.2 Å². The van der Waals surface area contributed by atoms with Crippen LogP contribution in [0.2, 0.25) is 0 Å². The standard InChI is InChI=1S/C27H36O4/c1-4-6-10-20(28)17-30-26-22-12-8-9-13-23(22)27(31-18-21(29)11-7-5-2)25-16-19(3)14-15-24(25)26/h8-9,12-16,20-21,28-29H,4-7,10-11,17-18H2,1-3H3. The van der Waals surface area contributed by atoms with Crippen molar-refractivity contribution in [1.82, 2.24) is 0 Å². The fourth-order valence-corrected chi connectivity index (χ4v) is 3.93. The lowest BCUT2D eigenvalue weighted by Gasteiger charge is -2.20. The Morgan fingerprint density at radius 3 is 1.71 bits per heavy atom. The second kappa shape index (κ2) is 11.4. The third-order valence-corrected chi connectivity index (χ3v) is 5.70. The van der Waals surface area contributed by atoms with Crippen LogP contribution in [0.25, 0.3) is 21.5 Å². The van der Waals surface area contributed by atoms with Crippen molar-refractivity contribution in [2.45, 2.75) is 71.5 Å². The van der Waals surface area contributed by atoms with Crippen molar-refractivity contribution in [3.8, 4) is 11.5 Å². The van der Waals surface area contributed by atoms with Gasteiger partial charge in [-0.2, -0.15) is 0 Å². The Morgan fingerprint density at radius 2 is 1.19 bits per heavy atom. The van der Waals surface area contributed by atoms with Crippen molar-refractivity contribution < 1.29 is 19.7 Å². The molecular formula is C27H36O4. The highest BCUT2D eigenvalue weighted by molar-refractivity contribution is 6.11. The van der Waals surface area contributed by atoms with E-state index in [1.54, 1.807) is 0 Å². The fourth-order valence-electron chi connectivity index (χ4n) is 3.93. The van der Waals surface area contributed by atoms with Crippen LogP contribution >= 0.6 is 0 Å². The number of hydrogen-bond acceptors (Lipinski definition) is 4. The molecule has 0 fully saturated rings. The predicted octanol–water partition coefficient (Wildman–Crippen LogP) is 6.16. The minimum absolute atomic E-state index is 0.267. The maximum absolute atomic E-state index is 10.3. The zero-order chi connectivity index (χ0) is 22.2. The van der Waals surface area contributed by atoms with Gasteiger partial charge in [0.1, 0.15) is 24.7 Å². The molecule has 0 heterocycles. The fraction of sp³-hybridized carbons (Fsp3) is 0.481. The molecule has 0 aliphatic heterocycles. The van der Waals surface area contributed by atoms with E-state index in [1.807, 2.05) is 24.3 Å². The van der Waals surface area contributed by atoms with E-state index >= 15 is 0 Å². The summed E-state index contributed by atoms with van der Waals surface area (Å²) < 4.78 is 12.4. The number of hydrogen-bond donors (Lipinski definition) is 2. The van der Waals surface area contributed by atoms with Crippen molar-refractivity contribution in [3.05, 3.63) is 48.0 Å². The number of unbranched alkanes of at least 4 members (excludes halogenated alkanes) is 2. The second-order valence-electron chi connectivity index (χ2n) is 8.47. The Balaban J connectivity index is 2.01. The average Bonchev–Trinajstić information content (AvgIpc) is 2.78. The molecule has 2 unspecified atom stereocenters. The van der Waals surface area contributed by atoms with Crippen molar-refractivity contribution >= 4 is 21.5 Å². The minimum atomic E-state index is -0.483. The Morgan fingerprint density at radius 1 is 0.710 bits per heavy atom. The van der Waals surface area contributed by atoms with Crippen molar-refractivity contribution in [1.29, 1.82) is 0 Å². The van der Waals surface area contributed by atoms with E-state index in [-0.39, 0.29) is 13.2 Å². The number of fused-ring (bicyclic) bond motifs is 2. The number of aliphatic hydroxyl groups excluding tert-OH is 2. The molecule has 4 nitrogen and oxygen atoms in total.